The van der Waals surface area contributed by atoms with Crippen LogP contribution < -0.4 is 22.1 Å². The smallest absolute Gasteiger partial charge is 0.174 e. The van der Waals surface area contributed by atoms with Gasteiger partial charge >= 0.3 is 0 Å². The van der Waals surface area contributed by atoms with Gasteiger partial charge < -0.3 is 31.4 Å². The minimum absolute atomic E-state index is 0.106. The van der Waals surface area contributed by atoms with Crippen molar-refractivity contribution in [3.05, 3.63) is 83.9 Å². The molecule has 4 aromatic rings. The van der Waals surface area contributed by atoms with Crippen LogP contribution in [0.4, 0.5) is 28.8 Å². The van der Waals surface area contributed by atoms with Gasteiger partial charge in [0.1, 0.15) is 30.5 Å². The molecule has 0 aliphatic carbocycles. The summed E-state index contributed by atoms with van der Waals surface area (Å²) in [5.74, 6) is 2.18. The second-order valence-corrected chi connectivity index (χ2v) is 8.38. The molecule has 0 fully saturated rings. The Labute approximate surface area is 210 Å². The number of hydrogen-bond donors (Lipinski definition) is 5. The summed E-state index contributed by atoms with van der Waals surface area (Å²) < 4.78 is 5.42. The highest BCUT2D eigenvalue weighted by Crippen LogP contribution is 2.28. The van der Waals surface area contributed by atoms with E-state index in [1.54, 1.807) is 0 Å². The van der Waals surface area contributed by atoms with Crippen LogP contribution in [0.15, 0.2) is 71.5 Å². The van der Waals surface area contributed by atoms with Crippen LogP contribution in [0, 0.1) is 5.41 Å². The fourth-order valence-electron chi connectivity index (χ4n) is 3.10. The number of aromatic nitrogens is 3. The molecule has 0 saturated carbocycles. The minimum Gasteiger partial charge on any atom is -0.383 e. The van der Waals surface area contributed by atoms with E-state index < -0.39 is 0 Å². The summed E-state index contributed by atoms with van der Waals surface area (Å²) in [4.78, 5) is 16.4. The molecule has 10 nitrogen and oxygen atoms in total. The van der Waals surface area contributed by atoms with Crippen molar-refractivity contribution in [2.75, 3.05) is 23.4 Å². The first kappa shape index (κ1) is 27.7. The molecular weight excluding hydrogens is 456 g/mol. The number of carbonyl (C=O) groups excluding carboxylic acids is 1. The van der Waals surface area contributed by atoms with E-state index in [1.807, 2.05) is 67.5 Å². The van der Waals surface area contributed by atoms with E-state index in [4.69, 9.17) is 20.5 Å². The second-order valence-electron chi connectivity index (χ2n) is 8.38. The highest BCUT2D eigenvalue weighted by atomic mass is 16.5. The maximum absolute atomic E-state index is 8.60. The number of nitrogens with zero attached hydrogens (tertiary/aromatic N) is 3. The van der Waals surface area contributed by atoms with Gasteiger partial charge in [-0.1, -0.05) is 56.3 Å². The largest absolute Gasteiger partial charge is 0.383 e. The van der Waals surface area contributed by atoms with Crippen molar-refractivity contribution in [3.63, 3.8) is 0 Å². The average molecular weight is 489 g/mol. The van der Waals surface area contributed by atoms with Crippen molar-refractivity contribution < 1.29 is 9.32 Å². The van der Waals surface area contributed by atoms with Gasteiger partial charge in [0, 0.05) is 28.4 Å². The standard InChI is InChI=1S/C24H25N7O.CH5N.CH2O/c1-24(2,3)18-13-19(31-32-18)29-16-9-11-17(12-10-16)30-23-20(22(26)27-14-28-23)21(25)15-7-5-4-6-8-15;2*1-2/h4-14,25H,1-3H3,(H,29,31)(H3,26,27,28,30);2H2,1H3;1H2. The Hall–Kier alpha value is -4.57. The Morgan fingerprint density at radius 1 is 0.944 bits per heavy atom. The molecule has 0 spiro atoms. The van der Waals surface area contributed by atoms with E-state index in [0.717, 1.165) is 22.7 Å². The predicted molar refractivity (Wildman–Crippen MR) is 144 cm³/mol. The number of hydrogen-bond acceptors (Lipinski definition) is 10. The summed E-state index contributed by atoms with van der Waals surface area (Å²) in [7, 11) is 1.50. The topological polar surface area (TPSA) is 169 Å². The SMILES string of the molecule is C=O.CC(C)(C)c1cc(Nc2ccc(Nc3ncnc(N)c3C(=N)c3ccccc3)cc2)no1.CN. The molecule has 36 heavy (non-hydrogen) atoms. The Bertz CT molecular complexity index is 1250. The number of carbonyl (C=O) groups is 1. The molecular formula is C26H32N8O2. The van der Waals surface area contributed by atoms with E-state index in [2.05, 4.69) is 52.3 Å². The Balaban J connectivity index is 0.00000109. The van der Waals surface area contributed by atoms with Crippen LogP contribution in [0.3, 0.4) is 0 Å². The fourth-order valence-corrected chi connectivity index (χ4v) is 3.10. The minimum atomic E-state index is -0.106. The average Bonchev–Trinajstić information content (AvgIpc) is 3.37. The lowest BCUT2D eigenvalue weighted by Gasteiger charge is -2.14. The van der Waals surface area contributed by atoms with Gasteiger partial charge in [0.05, 0.1) is 11.3 Å². The van der Waals surface area contributed by atoms with Gasteiger partial charge in [-0.3, -0.25) is 5.41 Å². The molecule has 2 aromatic heterocycles. The molecule has 2 heterocycles. The monoisotopic (exact) mass is 488 g/mol. The molecule has 0 atom stereocenters. The van der Waals surface area contributed by atoms with Crippen molar-refractivity contribution in [2.24, 2.45) is 5.73 Å². The van der Waals surface area contributed by atoms with Gasteiger partial charge in [0.15, 0.2) is 5.82 Å². The zero-order valence-electron chi connectivity index (χ0n) is 20.9. The van der Waals surface area contributed by atoms with Crippen LogP contribution >= 0.6 is 0 Å². The van der Waals surface area contributed by atoms with Crippen molar-refractivity contribution >= 4 is 41.3 Å². The summed E-state index contributed by atoms with van der Waals surface area (Å²) in [6.45, 7) is 8.22. The quantitative estimate of drug-likeness (QED) is 0.243. The van der Waals surface area contributed by atoms with E-state index in [0.29, 0.717) is 17.2 Å². The van der Waals surface area contributed by atoms with Gasteiger partial charge in [0.25, 0.3) is 0 Å². The summed E-state index contributed by atoms with van der Waals surface area (Å²) in [5.41, 5.74) is 13.6. The maximum Gasteiger partial charge on any atom is 0.174 e. The lowest BCUT2D eigenvalue weighted by molar-refractivity contribution is -0.0979. The zero-order valence-corrected chi connectivity index (χ0v) is 20.9. The van der Waals surface area contributed by atoms with E-state index in [-0.39, 0.29) is 16.9 Å². The highest BCUT2D eigenvalue weighted by Gasteiger charge is 2.20. The first-order valence-corrected chi connectivity index (χ1v) is 11.0. The summed E-state index contributed by atoms with van der Waals surface area (Å²) in [6, 6.07) is 18.9. The summed E-state index contributed by atoms with van der Waals surface area (Å²) in [6.07, 6.45) is 1.38. The molecule has 0 saturated heterocycles. The van der Waals surface area contributed by atoms with Crippen molar-refractivity contribution in [3.8, 4) is 0 Å². The summed E-state index contributed by atoms with van der Waals surface area (Å²) in [5, 5.41) is 19.2. The lowest BCUT2D eigenvalue weighted by atomic mass is 9.93. The van der Waals surface area contributed by atoms with Crippen LogP contribution in [0.5, 0.6) is 0 Å². The zero-order chi connectivity index (χ0) is 26.7. The fraction of sp³-hybridized carbons (Fsp3) is 0.192. The van der Waals surface area contributed by atoms with Crippen molar-refractivity contribution in [2.45, 2.75) is 26.2 Å². The third kappa shape index (κ3) is 6.97. The third-order valence-electron chi connectivity index (χ3n) is 4.86. The molecule has 188 valence electrons. The van der Waals surface area contributed by atoms with Crippen LogP contribution in [-0.2, 0) is 10.2 Å². The maximum atomic E-state index is 8.60. The predicted octanol–water partition coefficient (Wildman–Crippen LogP) is 4.64. The molecule has 7 N–H and O–H groups in total. The van der Waals surface area contributed by atoms with Crippen molar-refractivity contribution in [1.29, 1.82) is 5.41 Å². The molecule has 4 rings (SSSR count). The van der Waals surface area contributed by atoms with E-state index >= 15 is 0 Å². The third-order valence-corrected chi connectivity index (χ3v) is 4.86. The first-order valence-electron chi connectivity index (χ1n) is 11.0. The van der Waals surface area contributed by atoms with Crippen molar-refractivity contribution in [1.82, 2.24) is 15.1 Å². The van der Waals surface area contributed by atoms with Gasteiger partial charge in [0.2, 0.25) is 0 Å². The number of rotatable bonds is 6. The van der Waals surface area contributed by atoms with Gasteiger partial charge in [-0.2, -0.15) is 0 Å². The van der Waals surface area contributed by atoms with Crippen LogP contribution in [-0.4, -0.2) is 34.7 Å². The van der Waals surface area contributed by atoms with Gasteiger partial charge in [-0.15, -0.1) is 0 Å². The first-order chi connectivity index (χ1) is 17.3. The number of nitrogens with one attached hydrogen (secondary N) is 3. The second kappa shape index (κ2) is 12.8. The van der Waals surface area contributed by atoms with Crippen LogP contribution in [0.25, 0.3) is 0 Å². The molecule has 0 bridgehead atoms. The van der Waals surface area contributed by atoms with Gasteiger partial charge in [-0.05, 0) is 31.3 Å². The lowest BCUT2D eigenvalue weighted by Crippen LogP contribution is -2.12. The molecule has 0 unspecified atom stereocenters. The molecule has 0 aliphatic rings. The molecule has 0 amide bonds. The molecule has 0 aliphatic heterocycles. The van der Waals surface area contributed by atoms with Crippen LogP contribution in [0.2, 0.25) is 0 Å². The Morgan fingerprint density at radius 3 is 2.08 bits per heavy atom. The summed E-state index contributed by atoms with van der Waals surface area (Å²) >= 11 is 0. The Morgan fingerprint density at radius 2 is 1.53 bits per heavy atom. The number of anilines is 5. The number of nitrogen functional groups attached to an aromatic ring is 1. The van der Waals surface area contributed by atoms with Gasteiger partial charge in [-0.25, -0.2) is 9.97 Å². The molecule has 0 radical (unpaired) electrons. The highest BCUT2D eigenvalue weighted by molar-refractivity contribution is 6.16. The van der Waals surface area contributed by atoms with Crippen LogP contribution in [0.1, 0.15) is 37.7 Å². The number of benzene rings is 2. The molecule has 2 aromatic carbocycles. The van der Waals surface area contributed by atoms with E-state index in [9.17, 15) is 0 Å². The number of nitrogens with two attached hydrogens (primary N) is 2. The molecule has 10 heteroatoms. The Kier molecular flexibility index (Phi) is 9.82. The van der Waals surface area contributed by atoms with E-state index in [1.165, 1.54) is 13.4 Å². The normalized spacial score (nSPS) is 10.2.